The number of alkyl halides is 5. The van der Waals surface area contributed by atoms with Gasteiger partial charge in [-0.25, -0.2) is 0 Å². The summed E-state index contributed by atoms with van der Waals surface area (Å²) >= 11 is 0. The van der Waals surface area contributed by atoms with E-state index in [-0.39, 0.29) is 12.3 Å². The van der Waals surface area contributed by atoms with Crippen LogP contribution in [0.4, 0.5) is 22.0 Å². The molecule has 0 radical (unpaired) electrons. The third-order valence-electron chi connectivity index (χ3n) is 1.69. The average molecular weight is 204 g/mol. The van der Waals surface area contributed by atoms with E-state index in [1.165, 1.54) is 0 Å². The Bertz CT molecular complexity index is 147. The Labute approximate surface area is 74.1 Å². The molecular weight excluding hydrogens is 191 g/mol. The summed E-state index contributed by atoms with van der Waals surface area (Å²) in [7, 11) is 0. The highest BCUT2D eigenvalue weighted by Gasteiger charge is 2.56. The summed E-state index contributed by atoms with van der Waals surface area (Å²) in [5, 5.41) is 0. The normalized spacial score (nSPS) is 13.8. The van der Waals surface area contributed by atoms with Gasteiger partial charge in [0.25, 0.3) is 0 Å². The molecule has 0 aliphatic carbocycles. The molecule has 0 spiro atoms. The van der Waals surface area contributed by atoms with Gasteiger partial charge in [0, 0.05) is 6.42 Å². The molecule has 0 unspecified atom stereocenters. The van der Waals surface area contributed by atoms with Gasteiger partial charge >= 0.3 is 12.1 Å². The van der Waals surface area contributed by atoms with Crippen LogP contribution in [0.5, 0.6) is 0 Å². The van der Waals surface area contributed by atoms with Crippen molar-refractivity contribution < 1.29 is 22.0 Å². The maximum Gasteiger partial charge on any atom is 0.453 e. The van der Waals surface area contributed by atoms with Crippen LogP contribution in [0, 0.1) is 5.92 Å². The molecule has 0 amide bonds. The van der Waals surface area contributed by atoms with Crippen molar-refractivity contribution >= 4 is 0 Å². The van der Waals surface area contributed by atoms with Crippen LogP contribution >= 0.6 is 0 Å². The van der Waals surface area contributed by atoms with E-state index in [9.17, 15) is 22.0 Å². The smallest absolute Gasteiger partial charge is 0.196 e. The van der Waals surface area contributed by atoms with Gasteiger partial charge in [0.05, 0.1) is 0 Å². The van der Waals surface area contributed by atoms with Crippen molar-refractivity contribution in [2.45, 2.75) is 45.2 Å². The minimum Gasteiger partial charge on any atom is -0.196 e. The largest absolute Gasteiger partial charge is 0.453 e. The molecule has 13 heavy (non-hydrogen) atoms. The van der Waals surface area contributed by atoms with Crippen LogP contribution in [-0.4, -0.2) is 12.1 Å². The molecule has 0 aromatic heterocycles. The summed E-state index contributed by atoms with van der Waals surface area (Å²) in [6.45, 7) is 3.57. The van der Waals surface area contributed by atoms with Crippen molar-refractivity contribution in [2.24, 2.45) is 5.92 Å². The Balaban J connectivity index is 3.90. The maximum absolute atomic E-state index is 12.3. The molecule has 0 aliphatic heterocycles. The van der Waals surface area contributed by atoms with Crippen LogP contribution in [0.1, 0.15) is 33.1 Å². The lowest BCUT2D eigenvalue weighted by atomic mass is 10.0. The minimum absolute atomic E-state index is 0.0931. The van der Waals surface area contributed by atoms with Gasteiger partial charge in [-0.1, -0.05) is 20.3 Å². The zero-order valence-corrected chi connectivity index (χ0v) is 7.59. The molecule has 0 aromatic carbocycles. The molecule has 0 fully saturated rings. The average Bonchev–Trinajstić information content (AvgIpc) is 1.82. The van der Waals surface area contributed by atoms with Crippen molar-refractivity contribution in [3.63, 3.8) is 0 Å². The molecule has 0 aromatic rings. The van der Waals surface area contributed by atoms with Gasteiger partial charge in [-0.3, -0.25) is 0 Å². The topological polar surface area (TPSA) is 0 Å². The summed E-state index contributed by atoms with van der Waals surface area (Å²) in [5.41, 5.74) is 0. The predicted molar refractivity (Wildman–Crippen MR) is 39.7 cm³/mol. The quantitative estimate of drug-likeness (QED) is 0.607. The lowest BCUT2D eigenvalue weighted by Crippen LogP contribution is -2.36. The van der Waals surface area contributed by atoms with Crippen LogP contribution in [0.15, 0.2) is 0 Å². The van der Waals surface area contributed by atoms with E-state index in [2.05, 4.69) is 0 Å². The molecule has 0 aliphatic rings. The Morgan fingerprint density at radius 3 is 1.77 bits per heavy atom. The second-order valence-corrected chi connectivity index (χ2v) is 3.49. The zero-order valence-electron chi connectivity index (χ0n) is 7.59. The van der Waals surface area contributed by atoms with Crippen LogP contribution in [0.2, 0.25) is 0 Å². The van der Waals surface area contributed by atoms with E-state index in [0.29, 0.717) is 6.42 Å². The molecule has 0 N–H and O–H groups in total. The van der Waals surface area contributed by atoms with Gasteiger partial charge < -0.3 is 0 Å². The summed E-state index contributed by atoms with van der Waals surface area (Å²) < 4.78 is 59.3. The molecule has 0 rings (SSSR count). The third kappa shape index (κ3) is 4.43. The first-order chi connectivity index (χ1) is 5.67. The van der Waals surface area contributed by atoms with Crippen molar-refractivity contribution in [2.75, 3.05) is 0 Å². The first kappa shape index (κ1) is 12.7. The molecule has 0 nitrogen and oxygen atoms in total. The fourth-order valence-corrected chi connectivity index (χ4v) is 0.874. The fourth-order valence-electron chi connectivity index (χ4n) is 0.874. The van der Waals surface area contributed by atoms with Crippen LogP contribution in [0.3, 0.4) is 0 Å². The molecule has 5 heteroatoms. The summed E-state index contributed by atoms with van der Waals surface area (Å²) in [6.07, 6.45) is -6.20. The Hall–Kier alpha value is -0.350. The van der Waals surface area contributed by atoms with Crippen molar-refractivity contribution in [3.05, 3.63) is 0 Å². The summed E-state index contributed by atoms with van der Waals surface area (Å²) in [5.74, 6) is -4.37. The van der Waals surface area contributed by atoms with Crippen LogP contribution < -0.4 is 0 Å². The second-order valence-electron chi connectivity index (χ2n) is 3.49. The first-order valence-corrected chi connectivity index (χ1v) is 4.11. The van der Waals surface area contributed by atoms with E-state index in [1.54, 1.807) is 13.8 Å². The van der Waals surface area contributed by atoms with Gasteiger partial charge in [-0.15, -0.1) is 0 Å². The van der Waals surface area contributed by atoms with Gasteiger partial charge in [-0.2, -0.15) is 22.0 Å². The monoisotopic (exact) mass is 204 g/mol. The van der Waals surface area contributed by atoms with Crippen LogP contribution in [-0.2, 0) is 0 Å². The Kier molecular flexibility index (Phi) is 4.13. The molecule has 0 saturated carbocycles. The van der Waals surface area contributed by atoms with E-state index >= 15 is 0 Å². The molecule has 80 valence electrons. The van der Waals surface area contributed by atoms with Gasteiger partial charge in [0.1, 0.15) is 0 Å². The predicted octanol–water partition coefficient (Wildman–Crippen LogP) is 4.01. The van der Waals surface area contributed by atoms with Gasteiger partial charge in [-0.05, 0) is 12.3 Å². The summed E-state index contributed by atoms with van der Waals surface area (Å²) in [6, 6.07) is 0. The number of halogens is 5. The first-order valence-electron chi connectivity index (χ1n) is 4.11. The van der Waals surface area contributed by atoms with E-state index in [0.717, 1.165) is 0 Å². The lowest BCUT2D eigenvalue weighted by molar-refractivity contribution is -0.284. The highest BCUT2D eigenvalue weighted by molar-refractivity contribution is 4.75. The SMILES string of the molecule is CC(C)CCCC(F)(F)C(F)(F)F. The van der Waals surface area contributed by atoms with Crippen molar-refractivity contribution in [1.29, 1.82) is 0 Å². The molecule has 0 saturated heterocycles. The van der Waals surface area contributed by atoms with E-state index in [1.807, 2.05) is 0 Å². The number of hydrogen-bond acceptors (Lipinski definition) is 0. The van der Waals surface area contributed by atoms with E-state index < -0.39 is 18.5 Å². The highest BCUT2D eigenvalue weighted by atomic mass is 19.4. The number of hydrogen-bond donors (Lipinski definition) is 0. The van der Waals surface area contributed by atoms with Crippen molar-refractivity contribution in [1.82, 2.24) is 0 Å². The fraction of sp³-hybridized carbons (Fsp3) is 1.00. The van der Waals surface area contributed by atoms with Crippen molar-refractivity contribution in [3.8, 4) is 0 Å². The second kappa shape index (κ2) is 4.24. The Morgan fingerprint density at radius 1 is 1.00 bits per heavy atom. The number of rotatable bonds is 4. The lowest BCUT2D eigenvalue weighted by Gasteiger charge is -2.19. The van der Waals surface area contributed by atoms with E-state index in [4.69, 9.17) is 0 Å². The van der Waals surface area contributed by atoms with Crippen LogP contribution in [0.25, 0.3) is 0 Å². The molecule has 0 heterocycles. The zero-order chi connectivity index (χ0) is 10.7. The minimum atomic E-state index is -5.40. The maximum atomic E-state index is 12.3. The van der Waals surface area contributed by atoms with Gasteiger partial charge in [0.2, 0.25) is 0 Å². The van der Waals surface area contributed by atoms with Gasteiger partial charge in [0.15, 0.2) is 0 Å². The standard InChI is InChI=1S/C8H13F5/c1-6(2)4-3-5-7(9,10)8(11,12)13/h6H,3-5H2,1-2H3. The Morgan fingerprint density at radius 2 is 1.46 bits per heavy atom. The highest BCUT2D eigenvalue weighted by Crippen LogP contribution is 2.39. The molecule has 0 atom stereocenters. The molecular formula is C8H13F5. The summed E-state index contributed by atoms with van der Waals surface area (Å²) in [4.78, 5) is 0. The molecule has 0 bridgehead atoms. The third-order valence-corrected chi connectivity index (χ3v) is 1.69.